The zero-order valence-electron chi connectivity index (χ0n) is 16.1. The van der Waals surface area contributed by atoms with Gasteiger partial charge in [-0.2, -0.15) is 0 Å². The van der Waals surface area contributed by atoms with Crippen molar-refractivity contribution in [3.63, 3.8) is 0 Å². The average molecular weight is 492 g/mol. The summed E-state index contributed by atoms with van der Waals surface area (Å²) in [5, 5.41) is 5.48. The van der Waals surface area contributed by atoms with E-state index in [1.165, 1.54) is 12.1 Å². The third kappa shape index (κ3) is 6.46. The molecule has 4 N–H and O–H groups in total. The first-order chi connectivity index (χ1) is 14.7. The number of phosphoric ester groups is 1. The topological polar surface area (TPSA) is 121 Å². The molecule has 1 saturated heterocycles. The average Bonchev–Trinajstić information content (AvgIpc) is 2.69. The van der Waals surface area contributed by atoms with Crippen molar-refractivity contribution in [3.8, 4) is 11.1 Å². The van der Waals surface area contributed by atoms with Crippen molar-refractivity contribution in [3.05, 3.63) is 53.9 Å². The minimum Gasteiger partial charge on any atom is -0.345 e. The standard InChI is InChI=1S/C19H21Cl2FN3O5P/c20-18(21)19(26)25-16(9-22)17(30-31(27,28)29)12-3-1-11(2-4-12)13-5-6-14(24-10-13)15-7-8-23-15/h1-6,10,15-18,23H,7-9H2,(H,25,26)(H2,27,28,29)/t15?,16-,17-/m1/s1. The van der Waals surface area contributed by atoms with Crippen LogP contribution in [0, 0.1) is 0 Å². The fourth-order valence-electron chi connectivity index (χ4n) is 3.14. The van der Waals surface area contributed by atoms with Gasteiger partial charge in [0, 0.05) is 11.8 Å². The number of carbonyl (C=O) groups is 1. The van der Waals surface area contributed by atoms with Crippen molar-refractivity contribution in [2.75, 3.05) is 13.2 Å². The SMILES string of the molecule is O=C(N[C@H](CF)[C@H](OP(=O)(O)O)c1ccc(-c2ccc(C3CCN3)nc2)cc1)C(Cl)Cl. The normalized spacial score (nSPS) is 18.3. The van der Waals surface area contributed by atoms with Crippen LogP contribution >= 0.6 is 31.0 Å². The number of phosphoric acid groups is 1. The van der Waals surface area contributed by atoms with Crippen molar-refractivity contribution in [2.24, 2.45) is 0 Å². The number of alkyl halides is 3. The maximum atomic E-state index is 13.6. The molecule has 0 aliphatic carbocycles. The molecular formula is C19H21Cl2FN3O5P. The smallest absolute Gasteiger partial charge is 0.345 e. The van der Waals surface area contributed by atoms with Gasteiger partial charge < -0.3 is 20.4 Å². The van der Waals surface area contributed by atoms with Crippen molar-refractivity contribution < 1.29 is 28.1 Å². The van der Waals surface area contributed by atoms with Gasteiger partial charge in [0.2, 0.25) is 0 Å². The van der Waals surface area contributed by atoms with Crippen LogP contribution in [0.4, 0.5) is 4.39 Å². The predicted octanol–water partition coefficient (Wildman–Crippen LogP) is 3.19. The lowest BCUT2D eigenvalue weighted by Gasteiger charge is -2.27. The highest BCUT2D eigenvalue weighted by molar-refractivity contribution is 7.46. The van der Waals surface area contributed by atoms with E-state index in [1.54, 1.807) is 18.3 Å². The summed E-state index contributed by atoms with van der Waals surface area (Å²) in [5.74, 6) is -0.908. The number of benzene rings is 1. The van der Waals surface area contributed by atoms with E-state index in [4.69, 9.17) is 27.7 Å². The first-order valence-corrected chi connectivity index (χ1v) is 11.8. The van der Waals surface area contributed by atoms with E-state index in [1.807, 2.05) is 12.1 Å². The number of carbonyl (C=O) groups excluding carboxylic acids is 1. The highest BCUT2D eigenvalue weighted by atomic mass is 35.5. The van der Waals surface area contributed by atoms with Crippen LogP contribution in [0.25, 0.3) is 11.1 Å². The Morgan fingerprint density at radius 3 is 2.35 bits per heavy atom. The van der Waals surface area contributed by atoms with Gasteiger partial charge in [-0.3, -0.25) is 14.3 Å². The summed E-state index contributed by atoms with van der Waals surface area (Å²) in [5.41, 5.74) is 2.84. The van der Waals surface area contributed by atoms with E-state index in [2.05, 4.69) is 15.6 Å². The summed E-state index contributed by atoms with van der Waals surface area (Å²) < 4.78 is 29.8. The summed E-state index contributed by atoms with van der Waals surface area (Å²) in [6.07, 6.45) is 1.31. The summed E-state index contributed by atoms with van der Waals surface area (Å²) in [4.78, 5) is 33.2. The van der Waals surface area contributed by atoms with E-state index in [0.717, 1.165) is 29.8 Å². The Balaban J connectivity index is 1.82. The van der Waals surface area contributed by atoms with Crippen LogP contribution in [-0.4, -0.2) is 44.8 Å². The van der Waals surface area contributed by atoms with E-state index in [9.17, 15) is 23.5 Å². The minimum absolute atomic E-state index is 0.249. The molecule has 168 valence electrons. The van der Waals surface area contributed by atoms with Crippen LogP contribution in [0.2, 0.25) is 0 Å². The molecule has 1 unspecified atom stereocenters. The Bertz CT molecular complexity index is 939. The van der Waals surface area contributed by atoms with Gasteiger partial charge in [-0.05, 0) is 30.2 Å². The Hall–Kier alpha value is -1.58. The third-order valence-electron chi connectivity index (χ3n) is 4.85. The van der Waals surface area contributed by atoms with Gasteiger partial charge >= 0.3 is 7.82 Å². The Kier molecular flexibility index (Phi) is 8.04. The molecule has 3 atom stereocenters. The lowest BCUT2D eigenvalue weighted by Crippen LogP contribution is -2.43. The van der Waals surface area contributed by atoms with Gasteiger partial charge in [-0.25, -0.2) is 8.96 Å². The zero-order valence-corrected chi connectivity index (χ0v) is 18.5. The van der Waals surface area contributed by atoms with Gasteiger partial charge in [0.05, 0.1) is 17.8 Å². The number of aromatic nitrogens is 1. The number of halogens is 3. The highest BCUT2D eigenvalue weighted by Crippen LogP contribution is 2.44. The van der Waals surface area contributed by atoms with Crippen molar-refractivity contribution in [2.45, 2.75) is 29.4 Å². The van der Waals surface area contributed by atoms with E-state index < -0.39 is 37.4 Å². The highest BCUT2D eigenvalue weighted by Gasteiger charge is 2.33. The number of rotatable bonds is 9. The first kappa shape index (κ1) is 24.1. The van der Waals surface area contributed by atoms with E-state index in [0.29, 0.717) is 0 Å². The number of amides is 1. The van der Waals surface area contributed by atoms with E-state index >= 15 is 0 Å². The van der Waals surface area contributed by atoms with Gasteiger partial charge in [-0.1, -0.05) is 53.5 Å². The van der Waals surface area contributed by atoms with Crippen LogP contribution in [0.5, 0.6) is 0 Å². The van der Waals surface area contributed by atoms with Crippen LogP contribution < -0.4 is 10.6 Å². The third-order valence-corrected chi connectivity index (χ3v) is 5.75. The molecule has 0 spiro atoms. The fraction of sp³-hybridized carbons (Fsp3) is 0.368. The fourth-order valence-corrected chi connectivity index (χ4v) is 3.83. The van der Waals surface area contributed by atoms with Crippen LogP contribution in [-0.2, 0) is 13.9 Å². The molecule has 1 fully saturated rings. The monoisotopic (exact) mass is 491 g/mol. The number of nitrogens with zero attached hydrogens (tertiary/aromatic N) is 1. The van der Waals surface area contributed by atoms with Gasteiger partial charge in [-0.15, -0.1) is 0 Å². The molecule has 2 heterocycles. The summed E-state index contributed by atoms with van der Waals surface area (Å²) in [7, 11) is -5.00. The molecule has 8 nitrogen and oxygen atoms in total. The van der Waals surface area contributed by atoms with Crippen molar-refractivity contribution >= 4 is 36.9 Å². The number of hydrogen-bond donors (Lipinski definition) is 4. The minimum atomic E-state index is -5.00. The molecule has 2 aromatic rings. The second kappa shape index (κ2) is 10.4. The number of hydrogen-bond acceptors (Lipinski definition) is 5. The van der Waals surface area contributed by atoms with Gasteiger partial charge in [0.15, 0.2) is 4.84 Å². The molecule has 1 aliphatic rings. The number of nitrogens with one attached hydrogen (secondary N) is 2. The Morgan fingerprint density at radius 1 is 1.26 bits per heavy atom. The van der Waals surface area contributed by atoms with Crippen molar-refractivity contribution in [1.29, 1.82) is 0 Å². The predicted molar refractivity (Wildman–Crippen MR) is 114 cm³/mol. The molecule has 3 rings (SSSR count). The van der Waals surface area contributed by atoms with Gasteiger partial charge in [0.25, 0.3) is 5.91 Å². The zero-order chi connectivity index (χ0) is 22.6. The molecule has 1 aliphatic heterocycles. The molecular weight excluding hydrogens is 471 g/mol. The largest absolute Gasteiger partial charge is 0.470 e. The Morgan fingerprint density at radius 2 is 1.90 bits per heavy atom. The number of pyridine rings is 1. The van der Waals surface area contributed by atoms with Crippen LogP contribution in [0.1, 0.15) is 29.8 Å². The van der Waals surface area contributed by atoms with Crippen molar-refractivity contribution in [1.82, 2.24) is 15.6 Å². The maximum absolute atomic E-state index is 13.6. The van der Waals surface area contributed by atoms with E-state index in [-0.39, 0.29) is 11.6 Å². The molecule has 1 amide bonds. The molecule has 0 saturated carbocycles. The molecule has 0 bridgehead atoms. The summed E-state index contributed by atoms with van der Waals surface area (Å²) in [6, 6.07) is 9.15. The molecule has 1 aromatic carbocycles. The lowest BCUT2D eigenvalue weighted by molar-refractivity contribution is -0.121. The maximum Gasteiger partial charge on any atom is 0.470 e. The molecule has 1 aromatic heterocycles. The Labute approximate surface area is 188 Å². The summed E-state index contributed by atoms with van der Waals surface area (Å²) >= 11 is 10.9. The van der Waals surface area contributed by atoms with Gasteiger partial charge in [0.1, 0.15) is 12.8 Å². The first-order valence-electron chi connectivity index (χ1n) is 9.36. The summed E-state index contributed by atoms with van der Waals surface area (Å²) in [6.45, 7) is -0.191. The second-order valence-electron chi connectivity index (χ2n) is 6.98. The second-order valence-corrected chi connectivity index (χ2v) is 9.26. The molecule has 12 heteroatoms. The quantitative estimate of drug-likeness (QED) is 0.314. The van der Waals surface area contributed by atoms with Crippen LogP contribution in [0.15, 0.2) is 42.6 Å². The molecule has 31 heavy (non-hydrogen) atoms. The lowest BCUT2D eigenvalue weighted by atomic mass is 9.98. The van der Waals surface area contributed by atoms with Crippen LogP contribution in [0.3, 0.4) is 0 Å². The molecule has 0 radical (unpaired) electrons.